The van der Waals surface area contributed by atoms with Crippen LogP contribution in [-0.2, 0) is 14.3 Å². The van der Waals surface area contributed by atoms with E-state index in [1.54, 1.807) is 7.05 Å². The van der Waals surface area contributed by atoms with E-state index in [1.165, 1.54) is 12.0 Å². The van der Waals surface area contributed by atoms with Gasteiger partial charge >= 0.3 is 0 Å². The number of aliphatic hydroxyl groups excluding tert-OH is 1. The van der Waals surface area contributed by atoms with Crippen LogP contribution in [0.15, 0.2) is 0 Å². The summed E-state index contributed by atoms with van der Waals surface area (Å²) in [5.74, 6) is -0.0531. The summed E-state index contributed by atoms with van der Waals surface area (Å²) in [6.07, 6.45) is 0.768. The van der Waals surface area contributed by atoms with Gasteiger partial charge in [-0.3, -0.25) is 4.79 Å². The normalized spacial score (nSPS) is 22.7. The predicted molar refractivity (Wildman–Crippen MR) is 54.5 cm³/mol. The number of carbonyl (C=O) groups is 1. The highest BCUT2D eigenvalue weighted by atomic mass is 16.5. The Labute approximate surface area is 90.0 Å². The van der Waals surface area contributed by atoms with Crippen molar-refractivity contribution in [3.63, 3.8) is 0 Å². The molecule has 1 amide bonds. The number of nitrogens with zero attached hydrogens (tertiary/aromatic N) is 1. The van der Waals surface area contributed by atoms with E-state index >= 15 is 0 Å². The zero-order valence-corrected chi connectivity index (χ0v) is 9.31. The molecule has 5 heteroatoms. The molecule has 1 unspecified atom stereocenters. The first-order chi connectivity index (χ1) is 7.15. The number of carbonyl (C=O) groups excluding carboxylic acids is 1. The van der Waals surface area contributed by atoms with E-state index in [9.17, 15) is 9.90 Å². The minimum Gasteiger partial charge on any atom is -0.389 e. The Morgan fingerprint density at radius 1 is 1.73 bits per heavy atom. The highest BCUT2D eigenvalue weighted by Gasteiger charge is 2.27. The summed E-state index contributed by atoms with van der Waals surface area (Å²) >= 11 is 0. The van der Waals surface area contributed by atoms with E-state index in [1.807, 2.05) is 0 Å². The third kappa shape index (κ3) is 3.77. The van der Waals surface area contributed by atoms with E-state index in [4.69, 9.17) is 9.47 Å². The van der Waals surface area contributed by atoms with Gasteiger partial charge in [0.25, 0.3) is 5.91 Å². The molecule has 0 radical (unpaired) electrons. The van der Waals surface area contributed by atoms with Gasteiger partial charge in [-0.25, -0.2) is 0 Å². The number of rotatable bonds is 5. The second-order valence-corrected chi connectivity index (χ2v) is 3.83. The lowest BCUT2D eigenvalue weighted by Gasteiger charge is -2.22. The van der Waals surface area contributed by atoms with Gasteiger partial charge in [0.2, 0.25) is 0 Å². The Bertz CT molecular complexity index is 204. The van der Waals surface area contributed by atoms with E-state index in [0.717, 1.165) is 12.8 Å². The lowest BCUT2D eigenvalue weighted by molar-refractivity contribution is -0.141. The average Bonchev–Trinajstić information content (AvgIpc) is 2.69. The van der Waals surface area contributed by atoms with Crippen LogP contribution in [0.3, 0.4) is 0 Å². The fraction of sp³-hybridized carbons (Fsp3) is 0.900. The second kappa shape index (κ2) is 6.05. The molecular formula is C10H19NO4. The lowest BCUT2D eigenvalue weighted by atomic mass is 10.2. The number of aliphatic hydroxyl groups is 1. The smallest absolute Gasteiger partial charge is 0.251 e. The molecule has 0 aromatic carbocycles. The number of hydrogen-bond acceptors (Lipinski definition) is 4. The summed E-state index contributed by atoms with van der Waals surface area (Å²) < 4.78 is 10.1. The van der Waals surface area contributed by atoms with Crippen LogP contribution in [0.5, 0.6) is 0 Å². The molecule has 0 spiro atoms. The largest absolute Gasteiger partial charge is 0.389 e. The minimum absolute atomic E-state index is 0.0531. The molecule has 1 N–H and O–H groups in total. The summed E-state index contributed by atoms with van der Waals surface area (Å²) in [7, 11) is 3.19. The van der Waals surface area contributed by atoms with E-state index in [2.05, 4.69) is 0 Å². The van der Waals surface area contributed by atoms with Gasteiger partial charge in [-0.15, -0.1) is 0 Å². The molecule has 2 atom stereocenters. The molecule has 1 heterocycles. The molecule has 0 aliphatic carbocycles. The van der Waals surface area contributed by atoms with Crippen LogP contribution in [0, 0.1) is 0 Å². The predicted octanol–water partition coefficient (Wildman–Crippen LogP) is -0.369. The first kappa shape index (κ1) is 12.4. The number of hydrogen-bond donors (Lipinski definition) is 1. The van der Waals surface area contributed by atoms with Crippen LogP contribution in [0.2, 0.25) is 0 Å². The minimum atomic E-state index is -0.634. The molecule has 0 aromatic rings. The van der Waals surface area contributed by atoms with Gasteiger partial charge in [0.15, 0.2) is 0 Å². The molecule has 1 aliphatic rings. The first-order valence-electron chi connectivity index (χ1n) is 5.18. The van der Waals surface area contributed by atoms with Crippen LogP contribution in [0.1, 0.15) is 12.8 Å². The Morgan fingerprint density at radius 2 is 2.47 bits per heavy atom. The van der Waals surface area contributed by atoms with Crippen LogP contribution in [0.4, 0.5) is 0 Å². The number of ether oxygens (including phenoxy) is 2. The molecule has 0 aromatic heterocycles. The van der Waals surface area contributed by atoms with Gasteiger partial charge in [-0.2, -0.15) is 0 Å². The molecule has 0 bridgehead atoms. The highest BCUT2D eigenvalue weighted by Crippen LogP contribution is 2.14. The highest BCUT2D eigenvalue weighted by molar-refractivity contribution is 5.80. The Kier molecular flexibility index (Phi) is 5.01. The van der Waals surface area contributed by atoms with Gasteiger partial charge in [-0.05, 0) is 12.8 Å². The monoisotopic (exact) mass is 217 g/mol. The summed E-state index contributed by atoms with van der Waals surface area (Å²) in [5, 5.41) is 9.45. The number of amides is 1. The number of methoxy groups -OCH3 is 1. The number of likely N-dealkylation sites (N-methyl/N-ethyl adjacent to an activating group) is 1. The van der Waals surface area contributed by atoms with Crippen molar-refractivity contribution in [1.82, 2.24) is 4.90 Å². The first-order valence-corrected chi connectivity index (χ1v) is 5.18. The zero-order valence-electron chi connectivity index (χ0n) is 9.31. The Balaban J connectivity index is 2.31. The van der Waals surface area contributed by atoms with E-state index in [-0.39, 0.29) is 25.2 Å². The molecule has 1 aliphatic heterocycles. The molecule has 88 valence electrons. The van der Waals surface area contributed by atoms with Gasteiger partial charge in [0.1, 0.15) is 6.10 Å². The van der Waals surface area contributed by atoms with Crippen molar-refractivity contribution >= 4 is 5.91 Å². The summed E-state index contributed by atoms with van der Waals surface area (Å²) in [5.41, 5.74) is 0. The van der Waals surface area contributed by atoms with Crippen LogP contribution >= 0.6 is 0 Å². The fourth-order valence-electron chi connectivity index (χ4n) is 1.67. The Morgan fingerprint density at radius 3 is 3.00 bits per heavy atom. The van der Waals surface area contributed by atoms with Gasteiger partial charge in [0.05, 0.1) is 12.7 Å². The average molecular weight is 217 g/mol. The molecule has 5 nitrogen and oxygen atoms in total. The van der Waals surface area contributed by atoms with Crippen molar-refractivity contribution in [3.8, 4) is 0 Å². The zero-order chi connectivity index (χ0) is 11.3. The molecule has 0 saturated carbocycles. The molecule has 1 rings (SSSR count). The van der Waals surface area contributed by atoms with Crippen molar-refractivity contribution in [2.45, 2.75) is 25.0 Å². The molecule has 1 fully saturated rings. The second-order valence-electron chi connectivity index (χ2n) is 3.83. The van der Waals surface area contributed by atoms with Gasteiger partial charge in [-0.1, -0.05) is 0 Å². The lowest BCUT2D eigenvalue weighted by Crippen LogP contribution is -2.41. The SMILES string of the molecule is COCC(O)CN(C)C(=O)[C@H]1CCCO1. The quantitative estimate of drug-likeness (QED) is 0.682. The van der Waals surface area contributed by atoms with Crippen LogP contribution in [-0.4, -0.2) is 62.0 Å². The summed E-state index contributed by atoms with van der Waals surface area (Å²) in [6.45, 7) is 1.18. The Hall–Kier alpha value is -0.650. The topological polar surface area (TPSA) is 59.0 Å². The van der Waals surface area contributed by atoms with Crippen molar-refractivity contribution in [1.29, 1.82) is 0 Å². The van der Waals surface area contributed by atoms with Crippen LogP contribution in [0.25, 0.3) is 0 Å². The molecular weight excluding hydrogens is 198 g/mol. The summed E-state index contributed by atoms with van der Waals surface area (Å²) in [4.78, 5) is 13.2. The fourth-order valence-corrected chi connectivity index (χ4v) is 1.67. The van der Waals surface area contributed by atoms with Crippen molar-refractivity contribution in [3.05, 3.63) is 0 Å². The van der Waals surface area contributed by atoms with Crippen molar-refractivity contribution in [2.75, 3.05) is 33.9 Å². The van der Waals surface area contributed by atoms with Crippen LogP contribution < -0.4 is 0 Å². The van der Waals surface area contributed by atoms with E-state index < -0.39 is 6.10 Å². The van der Waals surface area contributed by atoms with Gasteiger partial charge < -0.3 is 19.5 Å². The third-order valence-corrected chi connectivity index (χ3v) is 2.43. The van der Waals surface area contributed by atoms with Gasteiger partial charge in [0, 0.05) is 27.3 Å². The summed E-state index contributed by atoms with van der Waals surface area (Å²) in [6, 6.07) is 0. The van der Waals surface area contributed by atoms with Crippen molar-refractivity contribution in [2.24, 2.45) is 0 Å². The van der Waals surface area contributed by atoms with E-state index in [0.29, 0.717) is 6.61 Å². The maximum atomic E-state index is 11.7. The maximum absolute atomic E-state index is 11.7. The molecule has 15 heavy (non-hydrogen) atoms. The third-order valence-electron chi connectivity index (χ3n) is 2.43. The molecule has 1 saturated heterocycles. The maximum Gasteiger partial charge on any atom is 0.251 e. The van der Waals surface area contributed by atoms with Crippen molar-refractivity contribution < 1.29 is 19.4 Å². The standard InChI is InChI=1S/C10H19NO4/c1-11(6-8(12)7-14-2)10(13)9-4-3-5-15-9/h8-9,12H,3-7H2,1-2H3/t8?,9-/m1/s1.